The summed E-state index contributed by atoms with van der Waals surface area (Å²) in [4.78, 5) is 25.0. The van der Waals surface area contributed by atoms with Gasteiger partial charge in [-0.15, -0.1) is 0 Å². The van der Waals surface area contributed by atoms with Crippen LogP contribution in [0.2, 0.25) is 5.02 Å². The van der Waals surface area contributed by atoms with Crippen molar-refractivity contribution in [2.45, 2.75) is 6.04 Å². The first kappa shape index (κ1) is 19.7. The van der Waals surface area contributed by atoms with E-state index in [0.29, 0.717) is 5.75 Å². The molecule has 0 aromatic heterocycles. The quantitative estimate of drug-likeness (QED) is 0.591. The third-order valence-corrected chi connectivity index (χ3v) is 4.19. The highest BCUT2D eigenvalue weighted by atomic mass is 35.5. The average Bonchev–Trinajstić information content (AvgIpc) is 2.61. The Labute approximate surface area is 156 Å². The van der Waals surface area contributed by atoms with E-state index >= 15 is 0 Å². The molecule has 1 N–H and O–H groups in total. The number of nitro groups is 1. The largest absolute Gasteiger partial charge is 0.497 e. The summed E-state index contributed by atoms with van der Waals surface area (Å²) in [5.41, 5.74) is 0.607. The Hall–Kier alpha value is -2.64. The van der Waals surface area contributed by atoms with E-state index in [2.05, 4.69) is 5.32 Å². The van der Waals surface area contributed by atoms with Gasteiger partial charge in [0.05, 0.1) is 18.1 Å². The van der Waals surface area contributed by atoms with Crippen LogP contribution in [0, 0.1) is 10.1 Å². The first-order valence-electron chi connectivity index (χ1n) is 7.86. The number of hydrogen-bond acceptors (Lipinski definition) is 5. The fourth-order valence-corrected chi connectivity index (χ4v) is 2.75. The molecule has 0 aliphatic heterocycles. The number of methoxy groups -OCH3 is 1. The molecular weight excluding hydrogens is 358 g/mol. The topological polar surface area (TPSA) is 84.7 Å². The van der Waals surface area contributed by atoms with Gasteiger partial charge in [-0.2, -0.15) is 0 Å². The predicted molar refractivity (Wildman–Crippen MR) is 99.9 cm³/mol. The van der Waals surface area contributed by atoms with E-state index in [9.17, 15) is 14.9 Å². The number of carbonyl (C=O) groups excluding carboxylic acids is 1. The Morgan fingerprint density at radius 2 is 2.04 bits per heavy atom. The van der Waals surface area contributed by atoms with Crippen molar-refractivity contribution < 1.29 is 14.5 Å². The molecule has 2 aromatic rings. The molecule has 1 atom stereocenters. The summed E-state index contributed by atoms with van der Waals surface area (Å²) in [6, 6.07) is 11.3. The van der Waals surface area contributed by atoms with Gasteiger partial charge < -0.3 is 15.0 Å². The fourth-order valence-electron chi connectivity index (χ4n) is 2.58. The van der Waals surface area contributed by atoms with Gasteiger partial charge in [-0.1, -0.05) is 23.7 Å². The summed E-state index contributed by atoms with van der Waals surface area (Å²) < 4.78 is 5.24. The summed E-state index contributed by atoms with van der Waals surface area (Å²) in [6.07, 6.45) is 0. The SMILES string of the molecule is COc1cccc(C(CNC(=O)c2cc(Cl)ccc2[N+](=O)[O-])N(C)C)c1. The van der Waals surface area contributed by atoms with Crippen molar-refractivity contribution in [3.63, 3.8) is 0 Å². The van der Waals surface area contributed by atoms with E-state index in [1.165, 1.54) is 18.2 Å². The number of nitrogens with zero attached hydrogens (tertiary/aromatic N) is 2. The van der Waals surface area contributed by atoms with E-state index in [1.54, 1.807) is 7.11 Å². The average molecular weight is 378 g/mol. The van der Waals surface area contributed by atoms with Crippen LogP contribution < -0.4 is 10.1 Å². The molecule has 2 aromatic carbocycles. The van der Waals surface area contributed by atoms with E-state index in [4.69, 9.17) is 16.3 Å². The maximum absolute atomic E-state index is 12.5. The Kier molecular flexibility index (Phi) is 6.54. The van der Waals surface area contributed by atoms with Crippen molar-refractivity contribution in [1.29, 1.82) is 0 Å². The van der Waals surface area contributed by atoms with E-state index in [0.717, 1.165) is 5.56 Å². The van der Waals surface area contributed by atoms with Gasteiger partial charge in [0.25, 0.3) is 11.6 Å². The number of rotatable bonds is 7. The van der Waals surface area contributed by atoms with Gasteiger partial charge in [0.2, 0.25) is 0 Å². The first-order valence-corrected chi connectivity index (χ1v) is 8.23. The first-order chi connectivity index (χ1) is 12.3. The van der Waals surface area contributed by atoms with Gasteiger partial charge >= 0.3 is 0 Å². The number of benzene rings is 2. The summed E-state index contributed by atoms with van der Waals surface area (Å²) in [5.74, 6) is 0.167. The minimum atomic E-state index is -0.600. The summed E-state index contributed by atoms with van der Waals surface area (Å²) in [7, 11) is 5.36. The molecule has 8 heteroatoms. The van der Waals surface area contributed by atoms with Gasteiger partial charge in [0.15, 0.2) is 0 Å². The molecule has 2 rings (SSSR count). The fraction of sp³-hybridized carbons (Fsp3) is 0.278. The number of halogens is 1. The molecule has 138 valence electrons. The standard InChI is InChI=1S/C18H20ClN3O4/c1-21(2)17(12-5-4-6-14(9-12)26-3)11-20-18(23)15-10-13(19)7-8-16(15)22(24)25/h4-10,17H,11H2,1-3H3,(H,20,23). The zero-order valence-corrected chi connectivity index (χ0v) is 15.5. The van der Waals surface area contributed by atoms with Crippen LogP contribution in [0.15, 0.2) is 42.5 Å². The monoisotopic (exact) mass is 377 g/mol. The second-order valence-corrected chi connectivity index (χ2v) is 6.32. The molecule has 0 fully saturated rings. The van der Waals surface area contributed by atoms with Crippen LogP contribution in [0.5, 0.6) is 5.75 Å². The molecule has 26 heavy (non-hydrogen) atoms. The Morgan fingerprint density at radius 1 is 1.31 bits per heavy atom. The molecule has 1 amide bonds. The predicted octanol–water partition coefficient (Wildman–Crippen LogP) is 3.29. The molecule has 0 spiro atoms. The maximum atomic E-state index is 12.5. The normalized spacial score (nSPS) is 11.9. The number of nitrogens with one attached hydrogen (secondary N) is 1. The van der Waals surface area contributed by atoms with Crippen molar-refractivity contribution in [2.24, 2.45) is 0 Å². The number of hydrogen-bond donors (Lipinski definition) is 1. The lowest BCUT2D eigenvalue weighted by Crippen LogP contribution is -2.34. The number of ether oxygens (including phenoxy) is 1. The summed E-state index contributed by atoms with van der Waals surface area (Å²) >= 11 is 5.88. The zero-order valence-electron chi connectivity index (χ0n) is 14.7. The van der Waals surface area contributed by atoms with Gasteiger partial charge in [0.1, 0.15) is 11.3 Å². The van der Waals surface area contributed by atoms with Crippen molar-refractivity contribution in [1.82, 2.24) is 10.2 Å². The number of nitro benzene ring substituents is 1. The van der Waals surface area contributed by atoms with Crippen LogP contribution in [-0.2, 0) is 0 Å². The Morgan fingerprint density at radius 3 is 2.65 bits per heavy atom. The number of likely N-dealkylation sites (N-methyl/N-ethyl adjacent to an activating group) is 1. The van der Waals surface area contributed by atoms with Crippen molar-refractivity contribution in [2.75, 3.05) is 27.7 Å². The molecule has 0 bridgehead atoms. The Bertz CT molecular complexity index is 811. The molecule has 7 nitrogen and oxygen atoms in total. The third-order valence-electron chi connectivity index (χ3n) is 3.96. The molecule has 0 aliphatic carbocycles. The second-order valence-electron chi connectivity index (χ2n) is 5.88. The highest BCUT2D eigenvalue weighted by Gasteiger charge is 2.22. The molecular formula is C18H20ClN3O4. The van der Waals surface area contributed by atoms with Crippen LogP contribution in [-0.4, -0.2) is 43.5 Å². The molecule has 0 aliphatic rings. The molecule has 0 saturated heterocycles. The lowest BCUT2D eigenvalue weighted by Gasteiger charge is -2.25. The minimum absolute atomic E-state index is 0.0642. The van der Waals surface area contributed by atoms with Crippen LogP contribution in [0.3, 0.4) is 0 Å². The minimum Gasteiger partial charge on any atom is -0.497 e. The highest BCUT2D eigenvalue weighted by molar-refractivity contribution is 6.31. The summed E-state index contributed by atoms with van der Waals surface area (Å²) in [6.45, 7) is 0.267. The molecule has 0 saturated carbocycles. The van der Waals surface area contributed by atoms with Gasteiger partial charge in [-0.3, -0.25) is 14.9 Å². The third kappa shape index (κ3) is 4.71. The number of amides is 1. The number of carbonyl (C=O) groups is 1. The van der Waals surface area contributed by atoms with E-state index < -0.39 is 10.8 Å². The zero-order chi connectivity index (χ0) is 19.3. The van der Waals surface area contributed by atoms with Crippen LogP contribution in [0.4, 0.5) is 5.69 Å². The molecule has 1 unspecified atom stereocenters. The molecule has 0 radical (unpaired) electrons. The second kappa shape index (κ2) is 8.64. The summed E-state index contributed by atoms with van der Waals surface area (Å²) in [5, 5.41) is 14.2. The van der Waals surface area contributed by atoms with Gasteiger partial charge in [-0.05, 0) is 43.9 Å². The van der Waals surface area contributed by atoms with Crippen LogP contribution in [0.1, 0.15) is 22.0 Å². The van der Waals surface area contributed by atoms with E-state index in [1.807, 2.05) is 43.3 Å². The molecule has 0 heterocycles. The van der Waals surface area contributed by atoms with Crippen molar-refractivity contribution in [3.8, 4) is 5.75 Å². The maximum Gasteiger partial charge on any atom is 0.282 e. The highest BCUT2D eigenvalue weighted by Crippen LogP contribution is 2.24. The van der Waals surface area contributed by atoms with Gasteiger partial charge in [-0.25, -0.2) is 0 Å². The van der Waals surface area contributed by atoms with E-state index in [-0.39, 0.29) is 28.9 Å². The van der Waals surface area contributed by atoms with Crippen molar-refractivity contribution in [3.05, 3.63) is 68.7 Å². The van der Waals surface area contributed by atoms with Crippen LogP contribution >= 0.6 is 11.6 Å². The van der Waals surface area contributed by atoms with Crippen molar-refractivity contribution >= 4 is 23.2 Å². The lowest BCUT2D eigenvalue weighted by atomic mass is 10.1. The Balaban J connectivity index is 2.20. The van der Waals surface area contributed by atoms with Gasteiger partial charge in [0, 0.05) is 17.6 Å². The lowest BCUT2D eigenvalue weighted by molar-refractivity contribution is -0.385. The smallest absolute Gasteiger partial charge is 0.282 e. The van der Waals surface area contributed by atoms with Crippen LogP contribution in [0.25, 0.3) is 0 Å².